The van der Waals surface area contributed by atoms with Crippen LogP contribution in [0.25, 0.3) is 10.2 Å². The van der Waals surface area contributed by atoms with Crippen LogP contribution in [0.4, 0.5) is 5.13 Å². The molecule has 88 valence electrons. The molecular formula is C12H12N2O2S. The molecule has 0 saturated heterocycles. The highest BCUT2D eigenvalue weighted by Crippen LogP contribution is 2.36. The molecule has 1 aromatic heterocycles. The molecule has 0 saturated carbocycles. The fourth-order valence-corrected chi connectivity index (χ4v) is 2.62. The molecule has 0 aliphatic carbocycles. The third-order valence-electron chi connectivity index (χ3n) is 2.50. The Morgan fingerprint density at radius 2 is 2.41 bits per heavy atom. The normalized spacial score (nSPS) is 10.4. The van der Waals surface area contributed by atoms with E-state index in [0.717, 1.165) is 15.8 Å². The smallest absolute Gasteiger partial charge is 0.298 e. The molecule has 5 heteroatoms. The van der Waals surface area contributed by atoms with Gasteiger partial charge in [0.15, 0.2) is 10.9 Å². The summed E-state index contributed by atoms with van der Waals surface area (Å²) in [7, 11) is 0. The maximum absolute atomic E-state index is 10.6. The van der Waals surface area contributed by atoms with Gasteiger partial charge < -0.3 is 10.5 Å². The molecule has 0 atom stereocenters. The van der Waals surface area contributed by atoms with Gasteiger partial charge in [0.25, 0.3) is 6.47 Å². The maximum Gasteiger partial charge on any atom is 0.298 e. The lowest BCUT2D eigenvalue weighted by Gasteiger charge is -2.09. The Kier molecular flexibility index (Phi) is 3.10. The minimum absolute atomic E-state index is 0.413. The summed E-state index contributed by atoms with van der Waals surface area (Å²) in [6.07, 6.45) is 2.39. The number of ether oxygens (including phenoxy) is 1. The van der Waals surface area contributed by atoms with Crippen molar-refractivity contribution in [3.05, 3.63) is 29.8 Å². The van der Waals surface area contributed by atoms with Crippen LogP contribution in [-0.2, 0) is 11.2 Å². The van der Waals surface area contributed by atoms with Crippen LogP contribution in [0.2, 0.25) is 0 Å². The van der Waals surface area contributed by atoms with Crippen LogP contribution in [-0.4, -0.2) is 11.5 Å². The number of benzene rings is 1. The predicted octanol–water partition coefficient (Wildman–Crippen LogP) is 2.45. The van der Waals surface area contributed by atoms with Crippen molar-refractivity contribution < 1.29 is 9.53 Å². The molecule has 0 fully saturated rings. The molecule has 1 aromatic carbocycles. The fraction of sp³-hybridized carbons (Fsp3) is 0.167. The lowest BCUT2D eigenvalue weighted by Crippen LogP contribution is -1.98. The topological polar surface area (TPSA) is 65.2 Å². The van der Waals surface area contributed by atoms with Crippen molar-refractivity contribution in [2.75, 3.05) is 5.73 Å². The van der Waals surface area contributed by atoms with Crippen LogP contribution in [0.1, 0.15) is 11.1 Å². The zero-order valence-electron chi connectivity index (χ0n) is 9.40. The van der Waals surface area contributed by atoms with Crippen LogP contribution >= 0.6 is 11.3 Å². The van der Waals surface area contributed by atoms with Crippen molar-refractivity contribution in [1.29, 1.82) is 0 Å². The Balaban J connectivity index is 2.76. The number of anilines is 1. The molecule has 2 aromatic rings. The molecule has 1 heterocycles. The second-order valence-corrected chi connectivity index (χ2v) is 4.67. The third-order valence-corrected chi connectivity index (χ3v) is 3.33. The first-order chi connectivity index (χ1) is 8.17. The molecule has 0 aliphatic rings. The zero-order chi connectivity index (χ0) is 12.4. The Bertz CT molecular complexity index is 590. The van der Waals surface area contributed by atoms with Crippen LogP contribution in [0.15, 0.2) is 18.7 Å². The number of rotatable bonds is 4. The van der Waals surface area contributed by atoms with Gasteiger partial charge in [-0.3, -0.25) is 4.79 Å². The SMILES string of the molecule is C=CCc1c(C)cc2sc(N)nc2c1OC=O. The second-order valence-electron chi connectivity index (χ2n) is 3.61. The monoisotopic (exact) mass is 248 g/mol. The highest BCUT2D eigenvalue weighted by Gasteiger charge is 2.15. The van der Waals surface area contributed by atoms with Crippen LogP contribution in [0.5, 0.6) is 5.75 Å². The van der Waals surface area contributed by atoms with Gasteiger partial charge in [0.05, 0.1) is 4.70 Å². The molecule has 0 radical (unpaired) electrons. The van der Waals surface area contributed by atoms with E-state index >= 15 is 0 Å². The molecule has 17 heavy (non-hydrogen) atoms. The summed E-state index contributed by atoms with van der Waals surface area (Å²) in [5.74, 6) is 0.489. The Hall–Kier alpha value is -1.88. The maximum atomic E-state index is 10.6. The summed E-state index contributed by atoms with van der Waals surface area (Å²) in [6.45, 7) is 6.07. The van der Waals surface area contributed by atoms with Gasteiger partial charge >= 0.3 is 0 Å². The number of hydrogen-bond donors (Lipinski definition) is 1. The minimum atomic E-state index is 0.413. The number of carbonyl (C=O) groups is 1. The molecule has 0 bridgehead atoms. The van der Waals surface area contributed by atoms with Gasteiger partial charge in [0.2, 0.25) is 0 Å². The van der Waals surface area contributed by atoms with E-state index in [0.29, 0.717) is 29.3 Å². The molecule has 2 N–H and O–H groups in total. The Morgan fingerprint density at radius 3 is 3.06 bits per heavy atom. The summed E-state index contributed by atoms with van der Waals surface area (Å²) in [4.78, 5) is 14.8. The van der Waals surface area contributed by atoms with E-state index in [1.807, 2.05) is 13.0 Å². The van der Waals surface area contributed by atoms with Crippen molar-refractivity contribution in [3.63, 3.8) is 0 Å². The standard InChI is InChI=1S/C12H12N2O2S/c1-3-4-8-7(2)5-9-10(11(8)16-6-15)14-12(13)17-9/h3,5-6H,1,4H2,2H3,(H2,13,14). The Morgan fingerprint density at radius 1 is 1.65 bits per heavy atom. The Labute approximate surface area is 103 Å². The number of nitrogens with two attached hydrogens (primary N) is 1. The summed E-state index contributed by atoms with van der Waals surface area (Å²) in [5, 5.41) is 0.464. The first kappa shape index (κ1) is 11.6. The van der Waals surface area contributed by atoms with E-state index in [-0.39, 0.29) is 0 Å². The van der Waals surface area contributed by atoms with E-state index in [1.165, 1.54) is 11.3 Å². The number of carbonyl (C=O) groups excluding carboxylic acids is 1. The van der Waals surface area contributed by atoms with E-state index in [1.54, 1.807) is 6.08 Å². The lowest BCUT2D eigenvalue weighted by atomic mass is 10.0. The van der Waals surface area contributed by atoms with Crippen molar-refractivity contribution in [2.24, 2.45) is 0 Å². The number of fused-ring (bicyclic) bond motifs is 1. The van der Waals surface area contributed by atoms with Crippen molar-refractivity contribution >= 4 is 33.2 Å². The third kappa shape index (κ3) is 2.01. The quantitative estimate of drug-likeness (QED) is 0.666. The van der Waals surface area contributed by atoms with Crippen LogP contribution < -0.4 is 10.5 Å². The van der Waals surface area contributed by atoms with Crippen molar-refractivity contribution in [2.45, 2.75) is 13.3 Å². The number of hydrogen-bond acceptors (Lipinski definition) is 5. The van der Waals surface area contributed by atoms with Gasteiger partial charge in [-0.25, -0.2) is 4.98 Å². The number of aromatic nitrogens is 1. The molecule has 0 aliphatic heterocycles. The van der Waals surface area contributed by atoms with Gasteiger partial charge in [-0.15, -0.1) is 6.58 Å². The zero-order valence-corrected chi connectivity index (χ0v) is 10.2. The lowest BCUT2D eigenvalue weighted by molar-refractivity contribution is -0.120. The van der Waals surface area contributed by atoms with Crippen molar-refractivity contribution in [1.82, 2.24) is 4.98 Å². The number of nitrogen functional groups attached to an aromatic ring is 1. The van der Waals surface area contributed by atoms with Crippen molar-refractivity contribution in [3.8, 4) is 5.75 Å². The molecule has 0 unspecified atom stereocenters. The number of aryl methyl sites for hydroxylation is 1. The second kappa shape index (κ2) is 4.55. The molecular weight excluding hydrogens is 236 g/mol. The first-order valence-corrected chi connectivity index (χ1v) is 5.88. The number of thiazole rings is 1. The molecule has 2 rings (SSSR count). The van der Waals surface area contributed by atoms with Crippen LogP contribution in [0.3, 0.4) is 0 Å². The average Bonchev–Trinajstić information content (AvgIpc) is 2.64. The highest BCUT2D eigenvalue weighted by molar-refractivity contribution is 7.22. The summed E-state index contributed by atoms with van der Waals surface area (Å²) in [5.41, 5.74) is 8.27. The van der Waals surface area contributed by atoms with Gasteiger partial charge in [-0.05, 0) is 25.0 Å². The fourth-order valence-electron chi connectivity index (χ4n) is 1.79. The van der Waals surface area contributed by atoms with Gasteiger partial charge in [-0.1, -0.05) is 17.4 Å². The summed E-state index contributed by atoms with van der Waals surface area (Å²) in [6, 6.07) is 2.00. The largest absolute Gasteiger partial charge is 0.426 e. The van der Waals surface area contributed by atoms with E-state index in [4.69, 9.17) is 10.5 Å². The van der Waals surface area contributed by atoms with Gasteiger partial charge in [-0.2, -0.15) is 0 Å². The number of nitrogens with zero attached hydrogens (tertiary/aromatic N) is 1. The van der Waals surface area contributed by atoms with E-state index in [2.05, 4.69) is 11.6 Å². The summed E-state index contributed by atoms with van der Waals surface area (Å²) >= 11 is 1.38. The van der Waals surface area contributed by atoms with Crippen LogP contribution in [0, 0.1) is 6.92 Å². The molecule has 0 amide bonds. The highest BCUT2D eigenvalue weighted by atomic mass is 32.1. The number of allylic oxidation sites excluding steroid dienone is 1. The summed E-state index contributed by atoms with van der Waals surface area (Å²) < 4.78 is 5.98. The average molecular weight is 248 g/mol. The predicted molar refractivity (Wildman–Crippen MR) is 69.4 cm³/mol. The molecule has 4 nitrogen and oxygen atoms in total. The molecule has 0 spiro atoms. The van der Waals surface area contributed by atoms with Gasteiger partial charge in [0, 0.05) is 5.56 Å². The minimum Gasteiger partial charge on any atom is -0.426 e. The first-order valence-electron chi connectivity index (χ1n) is 5.07. The van der Waals surface area contributed by atoms with Gasteiger partial charge in [0.1, 0.15) is 5.52 Å². The van der Waals surface area contributed by atoms with E-state index in [9.17, 15) is 4.79 Å². The van der Waals surface area contributed by atoms with E-state index < -0.39 is 0 Å².